The van der Waals surface area contributed by atoms with Crippen molar-refractivity contribution < 1.29 is 5.11 Å². The molecule has 1 atom stereocenters. The van der Waals surface area contributed by atoms with Gasteiger partial charge in [-0.25, -0.2) is 0 Å². The summed E-state index contributed by atoms with van der Waals surface area (Å²) in [7, 11) is 3.83. The summed E-state index contributed by atoms with van der Waals surface area (Å²) in [5, 5.41) is 13.5. The van der Waals surface area contributed by atoms with Crippen LogP contribution in [-0.2, 0) is 6.54 Å². The number of likely N-dealkylation sites (N-methyl/N-ethyl adjacent to an activating group) is 1. The highest BCUT2D eigenvalue weighted by molar-refractivity contribution is 5.30. The first-order valence-electron chi connectivity index (χ1n) is 4.18. The van der Waals surface area contributed by atoms with Crippen molar-refractivity contribution in [2.45, 2.75) is 12.6 Å². The quantitative estimate of drug-likeness (QED) is 0.655. The van der Waals surface area contributed by atoms with Gasteiger partial charge in [0.05, 0.1) is 24.5 Å². The van der Waals surface area contributed by atoms with Crippen molar-refractivity contribution in [2.75, 3.05) is 26.4 Å². The third-order valence-electron chi connectivity index (χ3n) is 1.63. The fraction of sp³-hybridized carbons (Fsp3) is 0.625. The molecule has 1 heterocycles. The van der Waals surface area contributed by atoms with Crippen LogP contribution in [0.4, 0.5) is 5.69 Å². The lowest BCUT2D eigenvalue weighted by Gasteiger charge is -2.15. The molecule has 0 saturated heterocycles. The Kier molecular flexibility index (Phi) is 3.27. The zero-order valence-electron chi connectivity index (χ0n) is 8.01. The van der Waals surface area contributed by atoms with Crippen LogP contribution < -0.4 is 5.73 Å². The average Bonchev–Trinajstić information content (AvgIpc) is 2.33. The molecule has 0 bridgehead atoms. The smallest absolute Gasteiger partial charge is 0.0862 e. The summed E-state index contributed by atoms with van der Waals surface area (Å²) in [6.45, 7) is 1.11. The molecule has 0 aromatic carbocycles. The Labute approximate surface area is 77.8 Å². The summed E-state index contributed by atoms with van der Waals surface area (Å²) in [5.74, 6) is 0. The zero-order valence-corrected chi connectivity index (χ0v) is 8.01. The Bertz CT molecular complexity index is 258. The predicted molar refractivity (Wildman–Crippen MR) is 51.2 cm³/mol. The number of nitrogens with zero attached hydrogens (tertiary/aromatic N) is 3. The molecule has 13 heavy (non-hydrogen) atoms. The van der Waals surface area contributed by atoms with Crippen LogP contribution in [-0.4, -0.2) is 46.5 Å². The van der Waals surface area contributed by atoms with E-state index in [9.17, 15) is 5.11 Å². The van der Waals surface area contributed by atoms with E-state index in [1.54, 1.807) is 17.1 Å². The Morgan fingerprint density at radius 3 is 2.85 bits per heavy atom. The van der Waals surface area contributed by atoms with Gasteiger partial charge in [-0.15, -0.1) is 0 Å². The van der Waals surface area contributed by atoms with Crippen LogP contribution in [0, 0.1) is 0 Å². The van der Waals surface area contributed by atoms with E-state index in [2.05, 4.69) is 5.10 Å². The Balaban J connectivity index is 2.40. The third kappa shape index (κ3) is 3.43. The monoisotopic (exact) mass is 184 g/mol. The minimum Gasteiger partial charge on any atom is -0.396 e. The van der Waals surface area contributed by atoms with E-state index in [1.807, 2.05) is 19.0 Å². The SMILES string of the molecule is CN(C)C[C@H](O)Cn1cc(N)cn1. The molecule has 0 aliphatic carbocycles. The molecule has 0 fully saturated rings. The van der Waals surface area contributed by atoms with E-state index in [1.165, 1.54) is 0 Å². The molecular weight excluding hydrogens is 168 g/mol. The summed E-state index contributed by atoms with van der Waals surface area (Å²) < 4.78 is 1.64. The Morgan fingerprint density at radius 1 is 1.69 bits per heavy atom. The topological polar surface area (TPSA) is 67.3 Å². The highest BCUT2D eigenvalue weighted by atomic mass is 16.3. The minimum atomic E-state index is -0.408. The van der Waals surface area contributed by atoms with Gasteiger partial charge in [-0.2, -0.15) is 5.10 Å². The molecular formula is C8H16N4O. The normalized spacial score (nSPS) is 13.5. The summed E-state index contributed by atoms with van der Waals surface area (Å²) in [5.41, 5.74) is 6.10. The van der Waals surface area contributed by atoms with Crippen LogP contribution >= 0.6 is 0 Å². The number of anilines is 1. The van der Waals surface area contributed by atoms with E-state index in [0.717, 1.165) is 0 Å². The van der Waals surface area contributed by atoms with Gasteiger partial charge in [0.25, 0.3) is 0 Å². The summed E-state index contributed by atoms with van der Waals surface area (Å²) in [6, 6.07) is 0. The number of rotatable bonds is 4. The second-order valence-corrected chi connectivity index (χ2v) is 3.41. The molecule has 5 heteroatoms. The first-order chi connectivity index (χ1) is 6.08. The molecule has 0 radical (unpaired) electrons. The Hall–Kier alpha value is -1.07. The van der Waals surface area contributed by atoms with Gasteiger partial charge >= 0.3 is 0 Å². The number of nitrogen functional groups attached to an aromatic ring is 1. The minimum absolute atomic E-state index is 0.408. The van der Waals surface area contributed by atoms with E-state index >= 15 is 0 Å². The van der Waals surface area contributed by atoms with E-state index < -0.39 is 6.10 Å². The molecule has 5 nitrogen and oxygen atoms in total. The highest BCUT2D eigenvalue weighted by Crippen LogP contribution is 1.99. The van der Waals surface area contributed by atoms with Crippen LogP contribution in [0.15, 0.2) is 12.4 Å². The van der Waals surface area contributed by atoms with Crippen molar-refractivity contribution in [3.8, 4) is 0 Å². The van der Waals surface area contributed by atoms with Crippen LogP contribution in [0.25, 0.3) is 0 Å². The number of nitrogens with two attached hydrogens (primary N) is 1. The molecule has 0 saturated carbocycles. The van der Waals surface area contributed by atoms with Crippen LogP contribution in [0.1, 0.15) is 0 Å². The molecule has 74 valence electrons. The molecule has 1 rings (SSSR count). The van der Waals surface area contributed by atoms with Gasteiger partial charge in [-0.1, -0.05) is 0 Å². The summed E-state index contributed by atoms with van der Waals surface area (Å²) >= 11 is 0. The Morgan fingerprint density at radius 2 is 2.38 bits per heavy atom. The molecule has 3 N–H and O–H groups in total. The lowest BCUT2D eigenvalue weighted by molar-refractivity contribution is 0.116. The lowest BCUT2D eigenvalue weighted by Crippen LogP contribution is -2.29. The number of aliphatic hydroxyl groups excluding tert-OH is 1. The number of aliphatic hydroxyl groups is 1. The second kappa shape index (κ2) is 4.25. The molecule has 0 aliphatic rings. The zero-order chi connectivity index (χ0) is 9.84. The maximum absolute atomic E-state index is 9.54. The van der Waals surface area contributed by atoms with Gasteiger partial charge in [-0.05, 0) is 14.1 Å². The average molecular weight is 184 g/mol. The maximum atomic E-state index is 9.54. The van der Waals surface area contributed by atoms with E-state index in [0.29, 0.717) is 18.8 Å². The van der Waals surface area contributed by atoms with Crippen molar-refractivity contribution in [1.29, 1.82) is 0 Å². The van der Waals surface area contributed by atoms with Gasteiger partial charge < -0.3 is 15.7 Å². The third-order valence-corrected chi connectivity index (χ3v) is 1.63. The first-order valence-corrected chi connectivity index (χ1v) is 4.18. The standard InChI is InChI=1S/C8H16N4O/c1-11(2)5-8(13)6-12-4-7(9)3-10-12/h3-4,8,13H,5-6,9H2,1-2H3/t8-/m0/s1. The van der Waals surface area contributed by atoms with Crippen LogP contribution in [0.3, 0.4) is 0 Å². The van der Waals surface area contributed by atoms with Crippen LogP contribution in [0.5, 0.6) is 0 Å². The van der Waals surface area contributed by atoms with Crippen molar-refractivity contribution in [2.24, 2.45) is 0 Å². The molecule has 0 aliphatic heterocycles. The second-order valence-electron chi connectivity index (χ2n) is 3.41. The van der Waals surface area contributed by atoms with Gasteiger partial charge in [0, 0.05) is 12.7 Å². The summed E-state index contributed by atoms with van der Waals surface area (Å²) in [4.78, 5) is 1.93. The first kappa shape index (κ1) is 10.0. The van der Waals surface area contributed by atoms with Gasteiger partial charge in [-0.3, -0.25) is 4.68 Å². The van der Waals surface area contributed by atoms with E-state index in [-0.39, 0.29) is 0 Å². The fourth-order valence-corrected chi connectivity index (χ4v) is 1.17. The largest absolute Gasteiger partial charge is 0.396 e. The van der Waals surface area contributed by atoms with E-state index in [4.69, 9.17) is 5.73 Å². The van der Waals surface area contributed by atoms with Crippen molar-refractivity contribution >= 4 is 5.69 Å². The number of hydrogen-bond donors (Lipinski definition) is 2. The molecule has 0 spiro atoms. The molecule has 0 unspecified atom stereocenters. The maximum Gasteiger partial charge on any atom is 0.0862 e. The van der Waals surface area contributed by atoms with Gasteiger partial charge in [0.15, 0.2) is 0 Å². The van der Waals surface area contributed by atoms with Crippen molar-refractivity contribution in [3.05, 3.63) is 12.4 Å². The summed E-state index contributed by atoms with van der Waals surface area (Å²) in [6.07, 6.45) is 2.87. The molecule has 1 aromatic heterocycles. The highest BCUT2D eigenvalue weighted by Gasteiger charge is 2.06. The van der Waals surface area contributed by atoms with Crippen molar-refractivity contribution in [3.63, 3.8) is 0 Å². The molecule has 0 amide bonds. The lowest BCUT2D eigenvalue weighted by atomic mass is 10.3. The van der Waals surface area contributed by atoms with Crippen LogP contribution in [0.2, 0.25) is 0 Å². The van der Waals surface area contributed by atoms with Gasteiger partial charge in [0.1, 0.15) is 0 Å². The fourth-order valence-electron chi connectivity index (χ4n) is 1.17. The van der Waals surface area contributed by atoms with Crippen molar-refractivity contribution in [1.82, 2.24) is 14.7 Å². The van der Waals surface area contributed by atoms with Gasteiger partial charge in [0.2, 0.25) is 0 Å². The molecule has 1 aromatic rings. The number of hydrogen-bond acceptors (Lipinski definition) is 4. The predicted octanol–water partition coefficient (Wildman–Crippen LogP) is -0.612. The number of aromatic nitrogens is 2.